The molecular formula is C16H20N2OS. The van der Waals surface area contributed by atoms with Crippen molar-refractivity contribution in [2.75, 3.05) is 0 Å². The van der Waals surface area contributed by atoms with E-state index >= 15 is 0 Å². The van der Waals surface area contributed by atoms with Crippen molar-refractivity contribution < 1.29 is 4.79 Å². The van der Waals surface area contributed by atoms with Crippen LogP contribution in [0.25, 0.3) is 10.6 Å². The molecule has 4 heteroatoms. The van der Waals surface area contributed by atoms with Crippen LogP contribution in [0.3, 0.4) is 0 Å². The number of nitrogens with zero attached hydrogens (tertiary/aromatic N) is 1. The van der Waals surface area contributed by atoms with E-state index < -0.39 is 0 Å². The molecule has 0 saturated heterocycles. The molecule has 2 aromatic heterocycles. The summed E-state index contributed by atoms with van der Waals surface area (Å²) in [5.41, 5.74) is 2.02. The summed E-state index contributed by atoms with van der Waals surface area (Å²) in [5, 5.41) is 5.02. The Hall–Kier alpha value is -1.68. The van der Waals surface area contributed by atoms with Crippen molar-refractivity contribution >= 4 is 17.2 Å². The van der Waals surface area contributed by atoms with Gasteiger partial charge in [-0.3, -0.25) is 9.78 Å². The van der Waals surface area contributed by atoms with Crippen molar-refractivity contribution in [2.45, 2.75) is 33.7 Å². The largest absolute Gasteiger partial charge is 0.352 e. The zero-order valence-corrected chi connectivity index (χ0v) is 13.0. The van der Waals surface area contributed by atoms with Crippen molar-refractivity contribution in [3.63, 3.8) is 0 Å². The third-order valence-corrected chi connectivity index (χ3v) is 3.69. The lowest BCUT2D eigenvalue weighted by Crippen LogP contribution is -2.27. The number of carbonyl (C=O) groups excluding carboxylic acids is 1. The first-order valence-corrected chi connectivity index (χ1v) is 7.58. The van der Waals surface area contributed by atoms with E-state index in [2.05, 4.69) is 31.1 Å². The van der Waals surface area contributed by atoms with E-state index in [0.717, 1.165) is 16.1 Å². The van der Waals surface area contributed by atoms with Gasteiger partial charge in [0.2, 0.25) is 5.91 Å². The summed E-state index contributed by atoms with van der Waals surface area (Å²) in [5.74, 6) is 0.0819. The predicted octanol–water partition coefficient (Wildman–Crippen LogP) is 3.86. The Morgan fingerprint density at radius 3 is 2.75 bits per heavy atom. The van der Waals surface area contributed by atoms with E-state index in [0.29, 0.717) is 13.0 Å². The molecule has 0 unspecified atom stereocenters. The van der Waals surface area contributed by atoms with Crippen molar-refractivity contribution in [2.24, 2.45) is 5.41 Å². The Morgan fingerprint density at radius 2 is 2.10 bits per heavy atom. The third-order valence-electron chi connectivity index (χ3n) is 2.81. The predicted molar refractivity (Wildman–Crippen MR) is 83.5 cm³/mol. The zero-order chi connectivity index (χ0) is 14.6. The van der Waals surface area contributed by atoms with Gasteiger partial charge in [-0.05, 0) is 28.5 Å². The first-order chi connectivity index (χ1) is 9.46. The van der Waals surface area contributed by atoms with Crippen LogP contribution in [0.2, 0.25) is 0 Å². The molecule has 3 nitrogen and oxygen atoms in total. The fourth-order valence-corrected chi connectivity index (χ4v) is 2.71. The van der Waals surface area contributed by atoms with Crippen LogP contribution in [0.15, 0.2) is 35.8 Å². The highest BCUT2D eigenvalue weighted by Gasteiger charge is 2.16. The molecule has 0 saturated carbocycles. The maximum absolute atomic E-state index is 11.9. The molecule has 2 heterocycles. The lowest BCUT2D eigenvalue weighted by molar-refractivity contribution is -0.122. The molecule has 0 atom stereocenters. The second-order valence-corrected chi connectivity index (χ2v) is 6.95. The average molecular weight is 288 g/mol. The zero-order valence-electron chi connectivity index (χ0n) is 12.1. The Balaban J connectivity index is 2.06. The van der Waals surface area contributed by atoms with Gasteiger partial charge < -0.3 is 5.32 Å². The van der Waals surface area contributed by atoms with E-state index in [-0.39, 0.29) is 11.3 Å². The van der Waals surface area contributed by atoms with E-state index in [4.69, 9.17) is 0 Å². The minimum Gasteiger partial charge on any atom is -0.352 e. The standard InChI is InChI=1S/C16H20N2OS/c1-16(2,3)10-14(19)18-11-12-6-4-8-17-15(12)13-7-5-9-20-13/h4-9H,10-11H2,1-3H3,(H,18,19). The quantitative estimate of drug-likeness (QED) is 0.928. The number of rotatable bonds is 4. The number of pyridine rings is 1. The summed E-state index contributed by atoms with van der Waals surface area (Å²) < 4.78 is 0. The number of aromatic nitrogens is 1. The van der Waals surface area contributed by atoms with Gasteiger partial charge in [-0.15, -0.1) is 11.3 Å². The monoisotopic (exact) mass is 288 g/mol. The first kappa shape index (κ1) is 14.7. The Labute approximate surface area is 124 Å². The number of nitrogens with one attached hydrogen (secondary N) is 1. The lowest BCUT2D eigenvalue weighted by atomic mass is 9.92. The molecule has 1 N–H and O–H groups in total. The average Bonchev–Trinajstić information content (AvgIpc) is 2.88. The van der Waals surface area contributed by atoms with E-state index in [1.165, 1.54) is 0 Å². The maximum Gasteiger partial charge on any atom is 0.220 e. The normalized spacial score (nSPS) is 11.3. The SMILES string of the molecule is CC(C)(C)CC(=O)NCc1cccnc1-c1cccs1. The van der Waals surface area contributed by atoms with Crippen LogP contribution in [0.1, 0.15) is 32.8 Å². The Bertz CT molecular complexity index is 570. The second-order valence-electron chi connectivity index (χ2n) is 6.00. The molecule has 0 aliphatic rings. The summed E-state index contributed by atoms with van der Waals surface area (Å²) in [6.45, 7) is 6.71. The van der Waals surface area contributed by atoms with Gasteiger partial charge in [0.15, 0.2) is 0 Å². The van der Waals surface area contributed by atoms with Gasteiger partial charge in [0.1, 0.15) is 0 Å². The summed E-state index contributed by atoms with van der Waals surface area (Å²) in [6, 6.07) is 7.98. The fraction of sp³-hybridized carbons (Fsp3) is 0.375. The van der Waals surface area contributed by atoms with Gasteiger partial charge in [-0.2, -0.15) is 0 Å². The molecule has 0 fully saturated rings. The summed E-state index contributed by atoms with van der Waals surface area (Å²) in [6.07, 6.45) is 2.32. The van der Waals surface area contributed by atoms with Gasteiger partial charge >= 0.3 is 0 Å². The van der Waals surface area contributed by atoms with Gasteiger partial charge in [0, 0.05) is 19.2 Å². The van der Waals surface area contributed by atoms with E-state index in [1.54, 1.807) is 17.5 Å². The van der Waals surface area contributed by atoms with Crippen LogP contribution in [0, 0.1) is 5.41 Å². The lowest BCUT2D eigenvalue weighted by Gasteiger charge is -2.17. The van der Waals surface area contributed by atoms with Crippen molar-refractivity contribution in [3.8, 4) is 10.6 Å². The molecule has 0 aliphatic heterocycles. The van der Waals surface area contributed by atoms with Crippen molar-refractivity contribution in [1.82, 2.24) is 10.3 Å². The number of hydrogen-bond donors (Lipinski definition) is 1. The molecule has 106 valence electrons. The molecule has 0 aliphatic carbocycles. The van der Waals surface area contributed by atoms with E-state index in [9.17, 15) is 4.79 Å². The topological polar surface area (TPSA) is 42.0 Å². The highest BCUT2D eigenvalue weighted by Crippen LogP contribution is 2.25. The highest BCUT2D eigenvalue weighted by atomic mass is 32.1. The summed E-state index contributed by atoms with van der Waals surface area (Å²) in [4.78, 5) is 17.5. The highest BCUT2D eigenvalue weighted by molar-refractivity contribution is 7.13. The molecule has 2 aromatic rings. The molecule has 20 heavy (non-hydrogen) atoms. The first-order valence-electron chi connectivity index (χ1n) is 6.70. The molecule has 0 bridgehead atoms. The smallest absolute Gasteiger partial charge is 0.220 e. The maximum atomic E-state index is 11.9. The Morgan fingerprint density at radius 1 is 1.30 bits per heavy atom. The number of carbonyl (C=O) groups is 1. The minimum absolute atomic E-state index is 0.00953. The van der Waals surface area contributed by atoms with Gasteiger partial charge in [-0.1, -0.05) is 32.9 Å². The molecule has 0 radical (unpaired) electrons. The molecular weight excluding hydrogens is 268 g/mol. The van der Waals surface area contributed by atoms with Crippen molar-refractivity contribution in [3.05, 3.63) is 41.4 Å². The number of amides is 1. The molecule has 1 amide bonds. The van der Waals surface area contributed by atoms with Crippen LogP contribution in [-0.2, 0) is 11.3 Å². The minimum atomic E-state index is 0.00953. The molecule has 2 rings (SSSR count). The van der Waals surface area contributed by atoms with Gasteiger partial charge in [-0.25, -0.2) is 0 Å². The molecule has 0 spiro atoms. The van der Waals surface area contributed by atoms with Crippen LogP contribution in [0.5, 0.6) is 0 Å². The van der Waals surface area contributed by atoms with Gasteiger partial charge in [0.05, 0.1) is 10.6 Å². The number of thiophene rings is 1. The number of hydrogen-bond acceptors (Lipinski definition) is 3. The van der Waals surface area contributed by atoms with Gasteiger partial charge in [0.25, 0.3) is 0 Å². The fourth-order valence-electron chi connectivity index (χ4n) is 1.95. The summed E-state index contributed by atoms with van der Waals surface area (Å²) in [7, 11) is 0. The van der Waals surface area contributed by atoms with E-state index in [1.807, 2.05) is 29.6 Å². The molecule has 0 aromatic carbocycles. The summed E-state index contributed by atoms with van der Waals surface area (Å²) >= 11 is 1.66. The van der Waals surface area contributed by atoms with Crippen molar-refractivity contribution in [1.29, 1.82) is 0 Å². The third kappa shape index (κ3) is 4.17. The van der Waals surface area contributed by atoms with Crippen LogP contribution >= 0.6 is 11.3 Å². The van der Waals surface area contributed by atoms with Crippen LogP contribution in [0.4, 0.5) is 0 Å². The van der Waals surface area contributed by atoms with Crippen LogP contribution < -0.4 is 5.32 Å². The second kappa shape index (κ2) is 6.18. The van der Waals surface area contributed by atoms with Crippen LogP contribution in [-0.4, -0.2) is 10.9 Å². The Kier molecular flexibility index (Phi) is 4.55.